The maximum absolute atomic E-state index is 6.12. The van der Waals surface area contributed by atoms with Gasteiger partial charge in [-0.1, -0.05) is 20.8 Å². The predicted molar refractivity (Wildman–Crippen MR) is 82.1 cm³/mol. The Bertz CT molecular complexity index is 266. The van der Waals surface area contributed by atoms with Crippen molar-refractivity contribution in [3.63, 3.8) is 0 Å². The van der Waals surface area contributed by atoms with Gasteiger partial charge >= 0.3 is 0 Å². The van der Waals surface area contributed by atoms with Gasteiger partial charge in [0.25, 0.3) is 0 Å². The zero-order valence-corrected chi connectivity index (χ0v) is 13.2. The highest BCUT2D eigenvalue weighted by Crippen LogP contribution is 2.38. The minimum Gasteiger partial charge on any atom is -0.329 e. The summed E-state index contributed by atoms with van der Waals surface area (Å²) in [6.07, 6.45) is 5.41. The Morgan fingerprint density at radius 2 is 2.06 bits per heavy atom. The van der Waals surface area contributed by atoms with E-state index in [0.29, 0.717) is 11.0 Å². The number of hydrogen-bond acceptors (Lipinski definition) is 3. The SMILES string of the molecule is CC(C)(C)C1CCCN(C2(CN)CCSC2)CC1. The van der Waals surface area contributed by atoms with Crippen LogP contribution in [0.1, 0.15) is 46.5 Å². The molecular formula is C15H30N2S. The summed E-state index contributed by atoms with van der Waals surface area (Å²) in [5, 5.41) is 0. The van der Waals surface area contributed by atoms with Gasteiger partial charge in [0.05, 0.1) is 0 Å². The molecule has 2 atom stereocenters. The van der Waals surface area contributed by atoms with Gasteiger partial charge in [-0.2, -0.15) is 11.8 Å². The van der Waals surface area contributed by atoms with Crippen LogP contribution in [0.4, 0.5) is 0 Å². The maximum atomic E-state index is 6.12. The number of nitrogens with zero attached hydrogens (tertiary/aromatic N) is 1. The molecule has 0 saturated carbocycles. The zero-order valence-electron chi connectivity index (χ0n) is 12.4. The van der Waals surface area contributed by atoms with Crippen LogP contribution in [0.3, 0.4) is 0 Å². The minimum absolute atomic E-state index is 0.331. The van der Waals surface area contributed by atoms with Crippen LogP contribution in [0.15, 0.2) is 0 Å². The van der Waals surface area contributed by atoms with Crippen LogP contribution >= 0.6 is 11.8 Å². The first-order chi connectivity index (χ1) is 8.48. The van der Waals surface area contributed by atoms with Crippen molar-refractivity contribution in [1.82, 2.24) is 4.90 Å². The van der Waals surface area contributed by atoms with E-state index in [1.165, 1.54) is 50.3 Å². The Morgan fingerprint density at radius 1 is 1.28 bits per heavy atom. The fourth-order valence-corrected chi connectivity index (χ4v) is 5.07. The monoisotopic (exact) mass is 270 g/mol. The Hall–Kier alpha value is 0.270. The van der Waals surface area contributed by atoms with E-state index in [9.17, 15) is 0 Å². The molecule has 0 aromatic carbocycles. The molecule has 106 valence electrons. The van der Waals surface area contributed by atoms with Gasteiger partial charge in [-0.15, -0.1) is 0 Å². The molecule has 2 rings (SSSR count). The van der Waals surface area contributed by atoms with Gasteiger partial charge in [0, 0.05) is 17.8 Å². The molecular weight excluding hydrogens is 240 g/mol. The summed E-state index contributed by atoms with van der Waals surface area (Å²) in [4.78, 5) is 2.73. The molecule has 0 aromatic rings. The highest BCUT2D eigenvalue weighted by Gasteiger charge is 2.40. The number of hydrogen-bond donors (Lipinski definition) is 1. The van der Waals surface area contributed by atoms with E-state index in [2.05, 4.69) is 37.4 Å². The lowest BCUT2D eigenvalue weighted by atomic mass is 9.76. The van der Waals surface area contributed by atoms with Crippen molar-refractivity contribution >= 4 is 11.8 Å². The van der Waals surface area contributed by atoms with E-state index in [1.54, 1.807) is 0 Å². The second-order valence-corrected chi connectivity index (χ2v) is 8.32. The van der Waals surface area contributed by atoms with Crippen LogP contribution in [0, 0.1) is 11.3 Å². The largest absolute Gasteiger partial charge is 0.329 e. The molecule has 0 amide bonds. The smallest absolute Gasteiger partial charge is 0.0429 e. The summed E-state index contributed by atoms with van der Waals surface area (Å²) < 4.78 is 0. The van der Waals surface area contributed by atoms with Crippen molar-refractivity contribution in [3.8, 4) is 0 Å². The number of likely N-dealkylation sites (tertiary alicyclic amines) is 1. The van der Waals surface area contributed by atoms with E-state index in [-0.39, 0.29) is 0 Å². The van der Waals surface area contributed by atoms with Crippen LogP contribution in [-0.2, 0) is 0 Å². The Balaban J connectivity index is 2.00. The maximum Gasteiger partial charge on any atom is 0.0429 e. The number of rotatable bonds is 2. The van der Waals surface area contributed by atoms with Crippen LogP contribution in [-0.4, -0.2) is 41.6 Å². The van der Waals surface area contributed by atoms with Gasteiger partial charge in [0.1, 0.15) is 0 Å². The molecule has 0 spiro atoms. The van der Waals surface area contributed by atoms with Crippen molar-refractivity contribution in [2.45, 2.75) is 52.0 Å². The standard InChI is InChI=1S/C15H30N2S/c1-14(2,3)13-5-4-8-17(9-6-13)15(11-16)7-10-18-12-15/h13H,4-12,16H2,1-3H3. The van der Waals surface area contributed by atoms with Gasteiger partial charge in [-0.25, -0.2) is 0 Å². The first-order valence-electron chi connectivity index (χ1n) is 7.51. The summed E-state index contributed by atoms with van der Waals surface area (Å²) in [7, 11) is 0. The minimum atomic E-state index is 0.331. The summed E-state index contributed by atoms with van der Waals surface area (Å²) in [5.41, 5.74) is 6.92. The first kappa shape index (κ1) is 14.7. The van der Waals surface area contributed by atoms with Crippen LogP contribution in [0.25, 0.3) is 0 Å². The lowest BCUT2D eigenvalue weighted by molar-refractivity contribution is 0.115. The molecule has 2 fully saturated rings. The third-order valence-electron chi connectivity index (χ3n) is 5.09. The average Bonchev–Trinajstić information content (AvgIpc) is 2.65. The second kappa shape index (κ2) is 5.72. The normalized spacial score (nSPS) is 35.7. The van der Waals surface area contributed by atoms with Crippen molar-refractivity contribution in [3.05, 3.63) is 0 Å². The van der Waals surface area contributed by atoms with Crippen LogP contribution < -0.4 is 5.73 Å². The lowest BCUT2D eigenvalue weighted by Gasteiger charge is -2.40. The summed E-state index contributed by atoms with van der Waals surface area (Å²) in [6, 6.07) is 0. The van der Waals surface area contributed by atoms with E-state index in [0.717, 1.165) is 12.5 Å². The first-order valence-corrected chi connectivity index (χ1v) is 8.66. The molecule has 3 heteroatoms. The highest BCUT2D eigenvalue weighted by atomic mass is 32.2. The third-order valence-corrected chi connectivity index (χ3v) is 6.32. The molecule has 2 nitrogen and oxygen atoms in total. The molecule has 0 aliphatic carbocycles. The topological polar surface area (TPSA) is 29.3 Å². The highest BCUT2D eigenvalue weighted by molar-refractivity contribution is 7.99. The molecule has 0 radical (unpaired) electrons. The van der Waals surface area contributed by atoms with Gasteiger partial charge in [0.2, 0.25) is 0 Å². The van der Waals surface area contributed by atoms with E-state index >= 15 is 0 Å². The second-order valence-electron chi connectivity index (χ2n) is 7.21. The molecule has 2 aliphatic heterocycles. The third kappa shape index (κ3) is 3.05. The number of nitrogens with two attached hydrogens (primary N) is 1. The van der Waals surface area contributed by atoms with Gasteiger partial charge in [-0.05, 0) is 55.9 Å². The van der Waals surface area contributed by atoms with E-state index < -0.39 is 0 Å². The van der Waals surface area contributed by atoms with Crippen LogP contribution in [0.5, 0.6) is 0 Å². The molecule has 2 heterocycles. The summed E-state index contributed by atoms with van der Waals surface area (Å²) in [6.45, 7) is 10.6. The zero-order chi connectivity index (χ0) is 13.2. The van der Waals surface area contributed by atoms with E-state index in [1.807, 2.05) is 0 Å². The van der Waals surface area contributed by atoms with Gasteiger partial charge < -0.3 is 5.73 Å². The fraction of sp³-hybridized carbons (Fsp3) is 1.00. The lowest BCUT2D eigenvalue weighted by Crippen LogP contribution is -2.54. The Labute approximate surface area is 117 Å². The molecule has 2 saturated heterocycles. The van der Waals surface area contributed by atoms with Crippen LogP contribution in [0.2, 0.25) is 0 Å². The van der Waals surface area contributed by atoms with Gasteiger partial charge in [-0.3, -0.25) is 4.90 Å². The summed E-state index contributed by atoms with van der Waals surface area (Å²) >= 11 is 2.09. The summed E-state index contributed by atoms with van der Waals surface area (Å²) in [5.74, 6) is 3.44. The Kier molecular flexibility index (Phi) is 4.66. The predicted octanol–water partition coefficient (Wildman–Crippen LogP) is 2.97. The van der Waals surface area contributed by atoms with E-state index in [4.69, 9.17) is 5.73 Å². The van der Waals surface area contributed by atoms with Crippen molar-refractivity contribution in [2.75, 3.05) is 31.1 Å². The van der Waals surface area contributed by atoms with Crippen molar-refractivity contribution in [1.29, 1.82) is 0 Å². The molecule has 18 heavy (non-hydrogen) atoms. The molecule has 0 aromatic heterocycles. The Morgan fingerprint density at radius 3 is 2.61 bits per heavy atom. The number of thioether (sulfide) groups is 1. The molecule has 2 aliphatic rings. The molecule has 0 bridgehead atoms. The fourth-order valence-electron chi connectivity index (χ4n) is 3.57. The van der Waals surface area contributed by atoms with Gasteiger partial charge in [0.15, 0.2) is 0 Å². The quantitative estimate of drug-likeness (QED) is 0.836. The van der Waals surface area contributed by atoms with Crippen molar-refractivity contribution in [2.24, 2.45) is 17.1 Å². The van der Waals surface area contributed by atoms with Crippen molar-refractivity contribution < 1.29 is 0 Å². The average molecular weight is 270 g/mol. The molecule has 2 unspecified atom stereocenters. The molecule has 2 N–H and O–H groups in total.